The van der Waals surface area contributed by atoms with Crippen LogP contribution < -0.4 is 0 Å². The standard InChI is InChI=1S/C20H20F3N3O/c21-20(22,23)18-11-15(7-6-14-4-5-14)8-9-17(18)19-13-26(25-24-19)12-16-3-1-2-10-27-16/h8-9,11,13-14,16H,1-5,10,12H2/t16-/m1/s1. The molecule has 2 fully saturated rings. The van der Waals surface area contributed by atoms with Crippen molar-refractivity contribution >= 4 is 0 Å². The molecule has 1 aromatic carbocycles. The molecule has 4 nitrogen and oxygen atoms in total. The maximum atomic E-state index is 13.6. The number of aromatic nitrogens is 3. The summed E-state index contributed by atoms with van der Waals surface area (Å²) in [6.45, 7) is 1.22. The van der Waals surface area contributed by atoms with Gasteiger partial charge in [0.25, 0.3) is 0 Å². The Morgan fingerprint density at radius 2 is 2.04 bits per heavy atom. The number of ether oxygens (including phenoxy) is 1. The molecule has 0 amide bonds. The van der Waals surface area contributed by atoms with Crippen LogP contribution in [0.15, 0.2) is 24.4 Å². The van der Waals surface area contributed by atoms with Gasteiger partial charge in [-0.15, -0.1) is 5.10 Å². The molecule has 2 aromatic rings. The van der Waals surface area contributed by atoms with Crippen LogP contribution in [0.25, 0.3) is 11.3 Å². The third kappa shape index (κ3) is 4.51. The summed E-state index contributed by atoms with van der Waals surface area (Å²) in [6, 6.07) is 4.16. The van der Waals surface area contributed by atoms with E-state index in [0.29, 0.717) is 24.6 Å². The lowest BCUT2D eigenvalue weighted by Crippen LogP contribution is -2.24. The minimum Gasteiger partial charge on any atom is -0.376 e. The monoisotopic (exact) mass is 375 g/mol. The summed E-state index contributed by atoms with van der Waals surface area (Å²) in [5.41, 5.74) is -0.123. The fourth-order valence-electron chi connectivity index (χ4n) is 3.16. The molecule has 142 valence electrons. The predicted molar refractivity (Wildman–Crippen MR) is 93.7 cm³/mol. The number of nitrogens with zero attached hydrogens (tertiary/aromatic N) is 3. The molecule has 0 radical (unpaired) electrons. The van der Waals surface area contributed by atoms with Crippen LogP contribution in [0.4, 0.5) is 13.2 Å². The summed E-state index contributed by atoms with van der Waals surface area (Å²) < 4.78 is 48.0. The van der Waals surface area contributed by atoms with Gasteiger partial charge in [0, 0.05) is 23.7 Å². The Morgan fingerprint density at radius 1 is 1.19 bits per heavy atom. The van der Waals surface area contributed by atoms with Crippen molar-refractivity contribution in [3.8, 4) is 23.1 Å². The molecule has 1 aromatic heterocycles. The fraction of sp³-hybridized carbons (Fsp3) is 0.500. The molecule has 1 aliphatic carbocycles. The lowest BCUT2D eigenvalue weighted by Gasteiger charge is -2.21. The zero-order valence-corrected chi connectivity index (χ0v) is 14.8. The molecule has 4 rings (SSSR count). The molecular formula is C20H20F3N3O. The average Bonchev–Trinajstić information content (AvgIpc) is 3.37. The van der Waals surface area contributed by atoms with Gasteiger partial charge in [0.1, 0.15) is 5.69 Å². The van der Waals surface area contributed by atoms with Crippen LogP contribution >= 0.6 is 0 Å². The highest BCUT2D eigenvalue weighted by Crippen LogP contribution is 2.37. The molecule has 0 spiro atoms. The van der Waals surface area contributed by atoms with Crippen molar-refractivity contribution in [3.05, 3.63) is 35.5 Å². The van der Waals surface area contributed by atoms with Crippen LogP contribution in [-0.4, -0.2) is 27.7 Å². The SMILES string of the molecule is FC(F)(F)c1cc(C#CC2CC2)ccc1-c1cn(C[C@H]2CCCCO2)nn1. The first kappa shape index (κ1) is 18.1. The van der Waals surface area contributed by atoms with Gasteiger partial charge in [0.2, 0.25) is 0 Å². The van der Waals surface area contributed by atoms with E-state index in [1.807, 2.05) is 0 Å². The van der Waals surface area contributed by atoms with E-state index in [-0.39, 0.29) is 17.4 Å². The minimum absolute atomic E-state index is 0.0234. The molecule has 1 saturated heterocycles. The van der Waals surface area contributed by atoms with Gasteiger partial charge >= 0.3 is 6.18 Å². The Kier molecular flexibility index (Phi) is 4.92. The van der Waals surface area contributed by atoms with E-state index in [1.54, 1.807) is 16.9 Å². The van der Waals surface area contributed by atoms with Crippen molar-refractivity contribution in [1.82, 2.24) is 15.0 Å². The summed E-state index contributed by atoms with van der Waals surface area (Å²) in [5.74, 6) is 6.18. The second kappa shape index (κ2) is 7.35. The number of benzene rings is 1. The highest BCUT2D eigenvalue weighted by molar-refractivity contribution is 5.65. The predicted octanol–water partition coefficient (Wildman–Crippen LogP) is 4.29. The first-order chi connectivity index (χ1) is 13.0. The van der Waals surface area contributed by atoms with Gasteiger partial charge in [-0.3, -0.25) is 0 Å². The van der Waals surface area contributed by atoms with E-state index in [2.05, 4.69) is 22.2 Å². The zero-order chi connectivity index (χ0) is 18.9. The van der Waals surface area contributed by atoms with Crippen molar-refractivity contribution < 1.29 is 17.9 Å². The second-order valence-electron chi connectivity index (χ2n) is 7.12. The largest absolute Gasteiger partial charge is 0.417 e. The highest BCUT2D eigenvalue weighted by atomic mass is 19.4. The van der Waals surface area contributed by atoms with E-state index in [0.717, 1.165) is 38.2 Å². The third-order valence-electron chi connectivity index (χ3n) is 4.80. The number of hydrogen-bond donors (Lipinski definition) is 0. The Morgan fingerprint density at radius 3 is 2.74 bits per heavy atom. The van der Waals surface area contributed by atoms with Gasteiger partial charge in [0.05, 0.1) is 24.4 Å². The molecule has 1 atom stereocenters. The van der Waals surface area contributed by atoms with Gasteiger partial charge in [-0.25, -0.2) is 4.68 Å². The first-order valence-corrected chi connectivity index (χ1v) is 9.24. The number of hydrogen-bond acceptors (Lipinski definition) is 3. The van der Waals surface area contributed by atoms with Gasteiger partial charge in [-0.05, 0) is 44.2 Å². The van der Waals surface area contributed by atoms with Crippen LogP contribution in [0.3, 0.4) is 0 Å². The topological polar surface area (TPSA) is 39.9 Å². The van der Waals surface area contributed by atoms with Gasteiger partial charge in [0.15, 0.2) is 0 Å². The fourth-order valence-corrected chi connectivity index (χ4v) is 3.16. The minimum atomic E-state index is -4.48. The zero-order valence-electron chi connectivity index (χ0n) is 14.8. The van der Waals surface area contributed by atoms with Gasteiger partial charge in [-0.1, -0.05) is 23.1 Å². The lowest BCUT2D eigenvalue weighted by atomic mass is 10.0. The maximum absolute atomic E-state index is 13.6. The summed E-state index contributed by atoms with van der Waals surface area (Å²) in [4.78, 5) is 0. The smallest absolute Gasteiger partial charge is 0.376 e. The van der Waals surface area contributed by atoms with E-state index >= 15 is 0 Å². The van der Waals surface area contributed by atoms with Crippen molar-refractivity contribution in [2.45, 2.75) is 50.9 Å². The molecule has 2 heterocycles. The van der Waals surface area contributed by atoms with E-state index in [4.69, 9.17) is 4.74 Å². The Bertz CT molecular complexity index is 869. The van der Waals surface area contributed by atoms with Crippen LogP contribution in [0.5, 0.6) is 0 Å². The van der Waals surface area contributed by atoms with Crippen molar-refractivity contribution in [1.29, 1.82) is 0 Å². The Hall–Kier alpha value is -2.33. The molecular weight excluding hydrogens is 355 g/mol. The third-order valence-corrected chi connectivity index (χ3v) is 4.80. The van der Waals surface area contributed by atoms with E-state index in [1.165, 1.54) is 6.07 Å². The first-order valence-electron chi connectivity index (χ1n) is 9.24. The van der Waals surface area contributed by atoms with Crippen molar-refractivity contribution in [3.63, 3.8) is 0 Å². The average molecular weight is 375 g/mol. The molecule has 0 N–H and O–H groups in total. The molecule has 7 heteroatoms. The van der Waals surface area contributed by atoms with Crippen LogP contribution in [0.2, 0.25) is 0 Å². The van der Waals surface area contributed by atoms with Crippen LogP contribution in [0, 0.1) is 17.8 Å². The molecule has 0 bridgehead atoms. The lowest BCUT2D eigenvalue weighted by molar-refractivity contribution is -0.137. The Labute approximate surface area is 155 Å². The van der Waals surface area contributed by atoms with Gasteiger partial charge < -0.3 is 4.74 Å². The molecule has 1 aliphatic heterocycles. The Balaban J connectivity index is 1.59. The maximum Gasteiger partial charge on any atom is 0.417 e. The van der Waals surface area contributed by atoms with Crippen LogP contribution in [-0.2, 0) is 17.5 Å². The van der Waals surface area contributed by atoms with Crippen LogP contribution in [0.1, 0.15) is 43.2 Å². The van der Waals surface area contributed by atoms with E-state index < -0.39 is 11.7 Å². The molecule has 27 heavy (non-hydrogen) atoms. The number of halogens is 3. The van der Waals surface area contributed by atoms with Crippen molar-refractivity contribution in [2.75, 3.05) is 6.61 Å². The summed E-state index contributed by atoms with van der Waals surface area (Å²) >= 11 is 0. The summed E-state index contributed by atoms with van der Waals surface area (Å²) in [6.07, 6.45) is 2.24. The normalized spacial score (nSPS) is 20.2. The summed E-state index contributed by atoms with van der Waals surface area (Å²) in [7, 11) is 0. The number of alkyl halides is 3. The van der Waals surface area contributed by atoms with Gasteiger partial charge in [-0.2, -0.15) is 13.2 Å². The highest BCUT2D eigenvalue weighted by Gasteiger charge is 2.34. The number of rotatable bonds is 3. The van der Waals surface area contributed by atoms with Crippen molar-refractivity contribution in [2.24, 2.45) is 5.92 Å². The quantitative estimate of drug-likeness (QED) is 0.751. The summed E-state index contributed by atoms with van der Waals surface area (Å²) in [5, 5.41) is 7.95. The molecule has 2 aliphatic rings. The molecule has 0 unspecified atom stereocenters. The second-order valence-corrected chi connectivity index (χ2v) is 7.12. The molecule has 1 saturated carbocycles. The van der Waals surface area contributed by atoms with E-state index in [9.17, 15) is 13.2 Å².